The van der Waals surface area contributed by atoms with E-state index in [0.29, 0.717) is 0 Å². The van der Waals surface area contributed by atoms with Crippen LogP contribution >= 0.6 is 0 Å². The first kappa shape index (κ1) is 21.6. The highest BCUT2D eigenvalue weighted by atomic mass is 16.5. The summed E-state index contributed by atoms with van der Waals surface area (Å²) in [6.07, 6.45) is 6.13. The lowest BCUT2D eigenvalue weighted by Crippen LogP contribution is -2.48. The number of carbonyl (C=O) groups is 2. The van der Waals surface area contributed by atoms with Crippen LogP contribution in [-0.2, 0) is 29.9 Å². The summed E-state index contributed by atoms with van der Waals surface area (Å²) in [6.45, 7) is 0. The first-order valence-corrected chi connectivity index (χ1v) is 12.0. The maximum Gasteiger partial charge on any atom is 0.320 e. The van der Waals surface area contributed by atoms with Crippen LogP contribution in [0.15, 0.2) is 90.5 Å². The van der Waals surface area contributed by atoms with Crippen molar-refractivity contribution in [3.05, 3.63) is 113 Å². The van der Waals surface area contributed by atoms with Gasteiger partial charge in [-0.25, -0.2) is 0 Å². The van der Waals surface area contributed by atoms with Gasteiger partial charge in [0.25, 0.3) is 0 Å². The molecule has 3 aliphatic rings. The van der Waals surface area contributed by atoms with Crippen molar-refractivity contribution in [1.29, 1.82) is 0 Å². The highest BCUT2D eigenvalue weighted by molar-refractivity contribution is 6.03. The van der Waals surface area contributed by atoms with E-state index in [0.717, 1.165) is 57.4 Å². The zero-order valence-electron chi connectivity index (χ0n) is 19.8. The second-order valence-electron chi connectivity index (χ2n) is 9.44. The van der Waals surface area contributed by atoms with Crippen LogP contribution in [0.3, 0.4) is 0 Å². The molecule has 0 radical (unpaired) electrons. The van der Waals surface area contributed by atoms with Crippen molar-refractivity contribution < 1.29 is 19.1 Å². The molecular formula is C31H26O4. The molecular weight excluding hydrogens is 436 g/mol. The Morgan fingerprint density at radius 1 is 0.714 bits per heavy atom. The van der Waals surface area contributed by atoms with E-state index in [1.54, 1.807) is 0 Å². The van der Waals surface area contributed by atoms with Crippen molar-refractivity contribution in [3.8, 4) is 11.1 Å². The molecule has 35 heavy (non-hydrogen) atoms. The third kappa shape index (κ3) is 2.68. The summed E-state index contributed by atoms with van der Waals surface area (Å²) in [5, 5.41) is 0. The zero-order chi connectivity index (χ0) is 24.2. The second-order valence-corrected chi connectivity index (χ2v) is 9.44. The quantitative estimate of drug-likeness (QED) is 0.464. The van der Waals surface area contributed by atoms with Crippen LogP contribution in [0, 0.1) is 0 Å². The first-order valence-electron chi connectivity index (χ1n) is 12.0. The van der Waals surface area contributed by atoms with E-state index in [4.69, 9.17) is 9.47 Å². The molecule has 3 aromatic carbocycles. The molecule has 4 nitrogen and oxygen atoms in total. The number of hydrogen-bond donors (Lipinski definition) is 0. The number of ether oxygens (including phenoxy) is 2. The van der Waals surface area contributed by atoms with E-state index in [9.17, 15) is 9.59 Å². The van der Waals surface area contributed by atoms with E-state index >= 15 is 0 Å². The van der Waals surface area contributed by atoms with Crippen molar-refractivity contribution in [2.45, 2.75) is 30.1 Å². The Bertz CT molecular complexity index is 1400. The van der Waals surface area contributed by atoms with Crippen LogP contribution in [0.5, 0.6) is 0 Å². The zero-order valence-corrected chi connectivity index (χ0v) is 19.8. The number of fused-ring (bicyclic) bond motifs is 5. The Hall–Kier alpha value is -3.92. The van der Waals surface area contributed by atoms with Crippen LogP contribution in [0.4, 0.5) is 0 Å². The van der Waals surface area contributed by atoms with Gasteiger partial charge in [0.15, 0.2) is 0 Å². The minimum absolute atomic E-state index is 0.188. The maximum atomic E-state index is 14.0. The minimum Gasteiger partial charge on any atom is -0.468 e. The normalized spacial score (nSPS) is 20.5. The lowest BCUT2D eigenvalue weighted by atomic mass is 9.61. The molecule has 1 atom stereocenters. The summed E-state index contributed by atoms with van der Waals surface area (Å²) in [4.78, 5) is 27.9. The molecule has 1 unspecified atom stereocenters. The minimum atomic E-state index is -1.17. The lowest BCUT2D eigenvalue weighted by Gasteiger charge is -2.39. The Morgan fingerprint density at radius 3 is 1.77 bits per heavy atom. The Balaban J connectivity index is 1.70. The molecule has 0 bridgehead atoms. The number of esters is 2. The van der Waals surface area contributed by atoms with E-state index in [1.165, 1.54) is 14.2 Å². The van der Waals surface area contributed by atoms with Crippen LogP contribution in [-0.4, -0.2) is 26.2 Å². The van der Waals surface area contributed by atoms with E-state index in [1.807, 2.05) is 66.7 Å². The van der Waals surface area contributed by atoms with E-state index < -0.39 is 10.8 Å². The van der Waals surface area contributed by atoms with Gasteiger partial charge in [-0.1, -0.05) is 84.9 Å². The van der Waals surface area contributed by atoms with Gasteiger partial charge in [-0.3, -0.25) is 9.59 Å². The van der Waals surface area contributed by atoms with Crippen molar-refractivity contribution in [1.82, 2.24) is 0 Å². The van der Waals surface area contributed by atoms with Gasteiger partial charge in [0.05, 0.1) is 14.2 Å². The van der Waals surface area contributed by atoms with Gasteiger partial charge in [0.2, 0.25) is 0 Å². The number of allylic oxidation sites excluding steroid dienone is 3. The summed E-state index contributed by atoms with van der Waals surface area (Å²) >= 11 is 0. The first-order chi connectivity index (χ1) is 17.1. The Kier molecular flexibility index (Phi) is 4.82. The van der Waals surface area contributed by atoms with Gasteiger partial charge in [0, 0.05) is 0 Å². The Morgan fingerprint density at radius 2 is 1.20 bits per heavy atom. The fourth-order valence-corrected chi connectivity index (χ4v) is 6.64. The van der Waals surface area contributed by atoms with Crippen molar-refractivity contribution >= 4 is 17.5 Å². The molecule has 0 spiro atoms. The molecule has 0 fully saturated rings. The second kappa shape index (κ2) is 7.81. The Labute approximate surface area is 204 Å². The molecule has 3 aliphatic carbocycles. The summed E-state index contributed by atoms with van der Waals surface area (Å²) in [5.41, 5.74) is 5.46. The predicted octanol–water partition coefficient (Wildman–Crippen LogP) is 5.74. The van der Waals surface area contributed by atoms with E-state index in [2.05, 4.69) is 18.2 Å². The standard InChI is InChI=1S/C31H26O4/c1-34-28(32)30(24-15-7-3-11-20(24)21-12-4-8-16-25(21)30)19-31(29(33)35-2)26-17-9-5-13-22(26)23-14-6-10-18-27(23)31/h3-5,7-13,15-18H,6,14,19H2,1-2H3. The number of hydrogen-bond acceptors (Lipinski definition) is 4. The average molecular weight is 463 g/mol. The van der Waals surface area contributed by atoms with Crippen LogP contribution in [0.25, 0.3) is 16.7 Å². The molecule has 0 N–H and O–H groups in total. The average Bonchev–Trinajstić information content (AvgIpc) is 3.37. The van der Waals surface area contributed by atoms with Gasteiger partial charge in [-0.2, -0.15) is 0 Å². The third-order valence-electron chi connectivity index (χ3n) is 8.00. The molecule has 6 rings (SSSR count). The molecule has 4 heteroatoms. The number of rotatable bonds is 4. The molecule has 0 aliphatic heterocycles. The largest absolute Gasteiger partial charge is 0.468 e. The molecule has 0 amide bonds. The molecule has 3 aromatic rings. The summed E-state index contributed by atoms with van der Waals surface area (Å²) in [7, 11) is 2.85. The maximum absolute atomic E-state index is 14.0. The lowest BCUT2D eigenvalue weighted by molar-refractivity contribution is -0.150. The van der Waals surface area contributed by atoms with Gasteiger partial charge in [-0.05, 0) is 63.8 Å². The number of carbonyl (C=O) groups excluding carboxylic acids is 2. The van der Waals surface area contributed by atoms with Crippen LogP contribution < -0.4 is 0 Å². The smallest absolute Gasteiger partial charge is 0.320 e. The fraction of sp³-hybridized carbons (Fsp3) is 0.226. The molecule has 0 saturated heterocycles. The van der Waals surface area contributed by atoms with E-state index in [-0.39, 0.29) is 18.4 Å². The van der Waals surface area contributed by atoms with Gasteiger partial charge in [0.1, 0.15) is 10.8 Å². The topological polar surface area (TPSA) is 52.6 Å². The third-order valence-corrected chi connectivity index (χ3v) is 8.00. The monoisotopic (exact) mass is 462 g/mol. The van der Waals surface area contributed by atoms with Crippen LogP contribution in [0.1, 0.15) is 41.5 Å². The molecule has 0 heterocycles. The number of benzene rings is 3. The van der Waals surface area contributed by atoms with Crippen molar-refractivity contribution in [2.24, 2.45) is 0 Å². The van der Waals surface area contributed by atoms with Gasteiger partial charge in [-0.15, -0.1) is 0 Å². The molecule has 0 aromatic heterocycles. The van der Waals surface area contributed by atoms with Crippen molar-refractivity contribution in [3.63, 3.8) is 0 Å². The molecule has 0 saturated carbocycles. The highest BCUT2D eigenvalue weighted by Gasteiger charge is 2.61. The summed E-state index contributed by atoms with van der Waals surface area (Å²) in [6, 6.07) is 24.0. The summed E-state index contributed by atoms with van der Waals surface area (Å²) in [5.74, 6) is -0.726. The highest BCUT2D eigenvalue weighted by Crippen LogP contribution is 2.60. The number of methoxy groups -OCH3 is 2. The van der Waals surface area contributed by atoms with Gasteiger partial charge < -0.3 is 9.47 Å². The molecule has 174 valence electrons. The van der Waals surface area contributed by atoms with Crippen molar-refractivity contribution in [2.75, 3.05) is 14.2 Å². The fourth-order valence-electron chi connectivity index (χ4n) is 6.64. The van der Waals surface area contributed by atoms with Gasteiger partial charge >= 0.3 is 11.9 Å². The summed E-state index contributed by atoms with van der Waals surface area (Å²) < 4.78 is 11.0. The predicted molar refractivity (Wildman–Crippen MR) is 135 cm³/mol. The SMILES string of the molecule is COC(=O)C1(CC2(C(=O)OC)c3ccccc3-c3ccccc32)C2=C(CCC=C2)c2ccccc21. The van der Waals surface area contributed by atoms with Crippen LogP contribution in [0.2, 0.25) is 0 Å².